The predicted octanol–water partition coefficient (Wildman–Crippen LogP) is 5.10. The zero-order chi connectivity index (χ0) is 22.6. The normalized spacial score (nSPS) is 15.4. The van der Waals surface area contributed by atoms with E-state index < -0.39 is 17.6 Å². The van der Waals surface area contributed by atoms with E-state index in [1.807, 2.05) is 23.6 Å². The lowest BCUT2D eigenvalue weighted by Gasteiger charge is -2.37. The monoisotopic (exact) mass is 453 g/mol. The van der Waals surface area contributed by atoms with E-state index in [1.54, 1.807) is 30.3 Å². The van der Waals surface area contributed by atoms with Gasteiger partial charge in [0.25, 0.3) is 11.9 Å². The molecule has 0 saturated carbocycles. The largest absolute Gasteiger partial charge is 0.462 e. The molecule has 5 nitrogen and oxygen atoms in total. The Morgan fingerprint density at radius 1 is 1.06 bits per heavy atom. The Morgan fingerprint density at radius 2 is 1.74 bits per heavy atom. The highest BCUT2D eigenvalue weighted by molar-refractivity contribution is 6.34. The number of amides is 1. The fourth-order valence-corrected chi connectivity index (χ4v) is 3.42. The summed E-state index contributed by atoms with van der Waals surface area (Å²) < 4.78 is 44.8. The molecule has 0 atom stereocenters. The minimum atomic E-state index is -4.39. The highest BCUT2D eigenvalue weighted by Gasteiger charge is 2.31. The Kier molecular flexibility index (Phi) is 7.10. The molecule has 0 spiro atoms. The van der Waals surface area contributed by atoms with Crippen LogP contribution in [0.1, 0.15) is 29.8 Å². The van der Waals surface area contributed by atoms with Gasteiger partial charge in [0.2, 0.25) is 0 Å². The van der Waals surface area contributed by atoms with Crippen LogP contribution in [0.15, 0.2) is 53.5 Å². The van der Waals surface area contributed by atoms with Gasteiger partial charge in [0, 0.05) is 31.9 Å². The number of amidine groups is 1. The molecule has 0 aliphatic carbocycles. The molecule has 3 rings (SSSR count). The standard InChI is InChI=1S/C22H23ClF3N3O2/c1-15(2)31-21(27-20(30)18-8-3-4-9-19(18)23)29-12-10-28(11-13-29)17-7-5-6-16(14-17)22(24,25)26/h3-9,14-15H,10-13H2,1-2H3. The molecule has 1 amide bonds. The number of alkyl halides is 3. The number of carbonyl (C=O) groups is 1. The van der Waals surface area contributed by atoms with Crippen LogP contribution in [-0.4, -0.2) is 49.1 Å². The van der Waals surface area contributed by atoms with Crippen molar-refractivity contribution in [2.75, 3.05) is 31.1 Å². The van der Waals surface area contributed by atoms with Crippen molar-refractivity contribution in [1.82, 2.24) is 4.90 Å². The van der Waals surface area contributed by atoms with Crippen molar-refractivity contribution in [3.05, 3.63) is 64.7 Å². The molecule has 31 heavy (non-hydrogen) atoms. The third-order valence-corrected chi connectivity index (χ3v) is 5.06. The molecule has 0 aromatic heterocycles. The van der Waals surface area contributed by atoms with Crippen LogP contribution in [0.3, 0.4) is 0 Å². The molecule has 0 radical (unpaired) electrons. The van der Waals surface area contributed by atoms with Gasteiger partial charge in [-0.05, 0) is 44.2 Å². The van der Waals surface area contributed by atoms with Crippen LogP contribution in [0.25, 0.3) is 0 Å². The summed E-state index contributed by atoms with van der Waals surface area (Å²) in [7, 11) is 0. The second-order valence-electron chi connectivity index (χ2n) is 7.37. The lowest BCUT2D eigenvalue weighted by Crippen LogP contribution is -2.50. The van der Waals surface area contributed by atoms with Crippen molar-refractivity contribution in [3.63, 3.8) is 0 Å². The van der Waals surface area contributed by atoms with Crippen molar-refractivity contribution in [3.8, 4) is 0 Å². The molecule has 0 unspecified atom stereocenters. The van der Waals surface area contributed by atoms with E-state index in [1.165, 1.54) is 6.07 Å². The summed E-state index contributed by atoms with van der Waals surface area (Å²) in [5, 5.41) is 0.300. The lowest BCUT2D eigenvalue weighted by atomic mass is 10.1. The fraction of sp³-hybridized carbons (Fsp3) is 0.364. The molecule has 2 aromatic rings. The lowest BCUT2D eigenvalue weighted by molar-refractivity contribution is -0.137. The van der Waals surface area contributed by atoms with Crippen LogP contribution >= 0.6 is 11.6 Å². The van der Waals surface area contributed by atoms with Crippen LogP contribution in [0, 0.1) is 0 Å². The van der Waals surface area contributed by atoms with Gasteiger partial charge in [-0.1, -0.05) is 29.8 Å². The maximum Gasteiger partial charge on any atom is 0.416 e. The molecular formula is C22H23ClF3N3O2. The van der Waals surface area contributed by atoms with E-state index in [0.717, 1.165) is 12.1 Å². The van der Waals surface area contributed by atoms with E-state index in [9.17, 15) is 18.0 Å². The number of benzene rings is 2. The molecule has 1 saturated heterocycles. The van der Waals surface area contributed by atoms with Crippen molar-refractivity contribution in [2.45, 2.75) is 26.1 Å². The molecule has 166 valence electrons. The zero-order valence-electron chi connectivity index (χ0n) is 17.2. The maximum atomic E-state index is 13.0. The maximum absolute atomic E-state index is 13.0. The second-order valence-corrected chi connectivity index (χ2v) is 7.78. The van der Waals surface area contributed by atoms with E-state index in [0.29, 0.717) is 36.9 Å². The van der Waals surface area contributed by atoms with Gasteiger partial charge in [0.05, 0.1) is 22.3 Å². The Balaban J connectivity index is 1.74. The van der Waals surface area contributed by atoms with E-state index in [2.05, 4.69) is 4.99 Å². The van der Waals surface area contributed by atoms with Gasteiger partial charge in [0.15, 0.2) is 0 Å². The molecule has 0 bridgehead atoms. The summed E-state index contributed by atoms with van der Waals surface area (Å²) in [5.74, 6) is -0.512. The number of halogens is 4. The van der Waals surface area contributed by atoms with Crippen molar-refractivity contribution in [2.24, 2.45) is 4.99 Å². The van der Waals surface area contributed by atoms with E-state index in [-0.39, 0.29) is 17.7 Å². The number of ether oxygens (including phenoxy) is 1. The Labute approximate surface area is 184 Å². The van der Waals surface area contributed by atoms with E-state index in [4.69, 9.17) is 16.3 Å². The average molecular weight is 454 g/mol. The number of aliphatic imine (C=N–C) groups is 1. The van der Waals surface area contributed by atoms with Crippen LogP contribution < -0.4 is 4.90 Å². The molecule has 2 aromatic carbocycles. The summed E-state index contributed by atoms with van der Waals surface area (Å²) in [6, 6.07) is 12.1. The van der Waals surface area contributed by atoms with Gasteiger partial charge in [-0.2, -0.15) is 18.2 Å². The summed E-state index contributed by atoms with van der Waals surface area (Å²) in [4.78, 5) is 20.5. The van der Waals surface area contributed by atoms with Gasteiger partial charge in [-0.25, -0.2) is 0 Å². The smallest absolute Gasteiger partial charge is 0.416 e. The Bertz CT molecular complexity index is 955. The number of anilines is 1. The molecule has 1 heterocycles. The molecule has 9 heteroatoms. The van der Waals surface area contributed by atoms with Crippen LogP contribution in [0.2, 0.25) is 5.02 Å². The highest BCUT2D eigenvalue weighted by Crippen LogP contribution is 2.32. The first-order valence-electron chi connectivity index (χ1n) is 9.86. The number of nitrogens with zero attached hydrogens (tertiary/aromatic N) is 3. The summed E-state index contributed by atoms with van der Waals surface area (Å²) in [6.07, 6.45) is -4.60. The third-order valence-electron chi connectivity index (χ3n) is 4.73. The quantitative estimate of drug-likeness (QED) is 0.479. The summed E-state index contributed by atoms with van der Waals surface area (Å²) in [6.45, 7) is 5.46. The van der Waals surface area contributed by atoms with Gasteiger partial charge in [0.1, 0.15) is 0 Å². The Morgan fingerprint density at radius 3 is 2.35 bits per heavy atom. The molecule has 1 fully saturated rings. The number of hydrogen-bond donors (Lipinski definition) is 0. The van der Waals surface area contributed by atoms with Crippen molar-refractivity contribution >= 4 is 29.2 Å². The first-order chi connectivity index (χ1) is 14.6. The summed E-state index contributed by atoms with van der Waals surface area (Å²) in [5.41, 5.74) is 0.102. The number of rotatable bonds is 3. The van der Waals surface area contributed by atoms with Crippen molar-refractivity contribution < 1.29 is 22.7 Å². The van der Waals surface area contributed by atoms with Gasteiger partial charge >= 0.3 is 6.18 Å². The number of hydrogen-bond acceptors (Lipinski definition) is 3. The minimum Gasteiger partial charge on any atom is -0.462 e. The van der Waals surface area contributed by atoms with Crippen LogP contribution in [-0.2, 0) is 10.9 Å². The second kappa shape index (κ2) is 9.60. The van der Waals surface area contributed by atoms with Gasteiger partial charge in [-0.3, -0.25) is 4.79 Å². The molecular weight excluding hydrogens is 431 g/mol. The molecule has 0 N–H and O–H groups in total. The third kappa shape index (κ3) is 5.91. The first-order valence-corrected chi connectivity index (χ1v) is 10.2. The molecule has 1 aliphatic rings. The Hall–Kier alpha value is -2.74. The van der Waals surface area contributed by atoms with Gasteiger partial charge < -0.3 is 14.5 Å². The zero-order valence-corrected chi connectivity index (χ0v) is 18.0. The molecule has 1 aliphatic heterocycles. The summed E-state index contributed by atoms with van der Waals surface area (Å²) >= 11 is 6.09. The topological polar surface area (TPSA) is 45.1 Å². The predicted molar refractivity (Wildman–Crippen MR) is 115 cm³/mol. The van der Waals surface area contributed by atoms with E-state index >= 15 is 0 Å². The SMILES string of the molecule is CC(C)OC(=NC(=O)c1ccccc1Cl)N1CCN(c2cccc(C(F)(F)F)c2)CC1. The minimum absolute atomic E-state index is 0.184. The van der Waals surface area contributed by atoms with Crippen LogP contribution in [0.5, 0.6) is 0 Å². The number of piperazine rings is 1. The van der Waals surface area contributed by atoms with Crippen LogP contribution in [0.4, 0.5) is 18.9 Å². The van der Waals surface area contributed by atoms with Crippen molar-refractivity contribution in [1.29, 1.82) is 0 Å². The van der Waals surface area contributed by atoms with Gasteiger partial charge in [-0.15, -0.1) is 0 Å². The highest BCUT2D eigenvalue weighted by atomic mass is 35.5. The fourth-order valence-electron chi connectivity index (χ4n) is 3.20. The average Bonchev–Trinajstić information content (AvgIpc) is 2.73. The first kappa shape index (κ1) is 22.9. The number of carbonyl (C=O) groups excluding carboxylic acids is 1.